The Morgan fingerprint density at radius 2 is 1.88 bits per heavy atom. The first-order valence-corrected chi connectivity index (χ1v) is 7.48. The summed E-state index contributed by atoms with van der Waals surface area (Å²) < 4.78 is 10.8. The van der Waals surface area contributed by atoms with Gasteiger partial charge in [-0.05, 0) is 30.7 Å². The maximum Gasteiger partial charge on any atom is 0.269 e. The molecule has 0 aromatic heterocycles. The average Bonchev–Trinajstić information content (AvgIpc) is 2.59. The van der Waals surface area contributed by atoms with E-state index in [9.17, 15) is 14.9 Å². The topological polar surface area (TPSA) is 90.7 Å². The van der Waals surface area contributed by atoms with E-state index in [1.165, 1.54) is 24.3 Å². The molecule has 126 valence electrons. The molecule has 0 bridgehead atoms. The van der Waals surface area contributed by atoms with Crippen LogP contribution in [0.15, 0.2) is 48.5 Å². The lowest BCUT2D eigenvalue weighted by molar-refractivity contribution is -0.384. The minimum atomic E-state index is -0.496. The van der Waals surface area contributed by atoms with Crippen LogP contribution in [-0.2, 0) is 4.79 Å². The van der Waals surface area contributed by atoms with Crippen LogP contribution in [0.5, 0.6) is 11.5 Å². The summed E-state index contributed by atoms with van der Waals surface area (Å²) in [6, 6.07) is 12.6. The normalized spacial score (nSPS) is 10.0. The highest BCUT2D eigenvalue weighted by Crippen LogP contribution is 2.19. The molecule has 0 fully saturated rings. The quantitative estimate of drug-likeness (QED) is 0.592. The number of non-ortho nitro benzene ring substituents is 1. The summed E-state index contributed by atoms with van der Waals surface area (Å²) in [6.45, 7) is 2.43. The Bertz CT molecular complexity index is 700. The van der Waals surface area contributed by atoms with E-state index in [1.807, 2.05) is 13.0 Å². The number of benzene rings is 2. The fraction of sp³-hybridized carbons (Fsp3) is 0.235. The van der Waals surface area contributed by atoms with Gasteiger partial charge in [-0.3, -0.25) is 14.9 Å². The van der Waals surface area contributed by atoms with Gasteiger partial charge in [-0.2, -0.15) is 0 Å². The molecule has 0 heterocycles. The van der Waals surface area contributed by atoms with Crippen molar-refractivity contribution in [1.82, 2.24) is 0 Å². The zero-order valence-electron chi connectivity index (χ0n) is 13.2. The highest BCUT2D eigenvalue weighted by atomic mass is 16.6. The van der Waals surface area contributed by atoms with Gasteiger partial charge in [0, 0.05) is 23.9 Å². The first kappa shape index (κ1) is 17.3. The van der Waals surface area contributed by atoms with E-state index < -0.39 is 4.92 Å². The summed E-state index contributed by atoms with van der Waals surface area (Å²) in [5, 5.41) is 13.3. The Labute approximate surface area is 139 Å². The molecule has 7 nitrogen and oxygen atoms in total. The van der Waals surface area contributed by atoms with Gasteiger partial charge >= 0.3 is 0 Å². The largest absolute Gasteiger partial charge is 0.494 e. The molecule has 1 amide bonds. The SMILES string of the molecule is CCCOc1cccc(NC(=O)COc2ccc([N+](=O)[O-])cc2)c1. The number of ether oxygens (including phenoxy) is 2. The summed E-state index contributed by atoms with van der Waals surface area (Å²) in [5.41, 5.74) is 0.580. The number of amides is 1. The van der Waals surface area contributed by atoms with Gasteiger partial charge in [0.1, 0.15) is 11.5 Å². The third kappa shape index (κ3) is 5.28. The summed E-state index contributed by atoms with van der Waals surface area (Å²) in [7, 11) is 0. The number of rotatable bonds is 8. The Kier molecular flexibility index (Phi) is 6.13. The summed E-state index contributed by atoms with van der Waals surface area (Å²) in [4.78, 5) is 22.0. The highest BCUT2D eigenvalue weighted by molar-refractivity contribution is 5.92. The Morgan fingerprint density at radius 1 is 1.12 bits per heavy atom. The zero-order chi connectivity index (χ0) is 17.4. The predicted molar refractivity (Wildman–Crippen MR) is 89.4 cm³/mol. The minimum Gasteiger partial charge on any atom is -0.494 e. The third-order valence-electron chi connectivity index (χ3n) is 3.01. The standard InChI is InChI=1S/C17H18N2O5/c1-2-10-23-16-5-3-4-13(11-16)18-17(20)12-24-15-8-6-14(7-9-15)19(21)22/h3-9,11H,2,10,12H2,1H3,(H,18,20). The average molecular weight is 330 g/mol. The molecular formula is C17H18N2O5. The number of hydrogen-bond donors (Lipinski definition) is 1. The molecule has 2 aromatic rings. The molecule has 0 unspecified atom stereocenters. The van der Waals surface area contributed by atoms with E-state index in [0.717, 1.165) is 6.42 Å². The number of nitrogens with one attached hydrogen (secondary N) is 1. The van der Waals surface area contributed by atoms with Crippen LogP contribution in [-0.4, -0.2) is 24.0 Å². The van der Waals surface area contributed by atoms with Crippen molar-refractivity contribution in [2.45, 2.75) is 13.3 Å². The van der Waals surface area contributed by atoms with Crippen LogP contribution in [0.4, 0.5) is 11.4 Å². The van der Waals surface area contributed by atoms with Crippen molar-refractivity contribution in [3.05, 3.63) is 58.6 Å². The molecule has 1 N–H and O–H groups in total. The molecule has 0 radical (unpaired) electrons. The minimum absolute atomic E-state index is 0.0318. The van der Waals surface area contributed by atoms with Crippen molar-refractivity contribution in [2.75, 3.05) is 18.5 Å². The van der Waals surface area contributed by atoms with E-state index >= 15 is 0 Å². The van der Waals surface area contributed by atoms with E-state index in [4.69, 9.17) is 9.47 Å². The van der Waals surface area contributed by atoms with Crippen LogP contribution in [0.1, 0.15) is 13.3 Å². The van der Waals surface area contributed by atoms with Crippen molar-refractivity contribution in [2.24, 2.45) is 0 Å². The van der Waals surface area contributed by atoms with Crippen molar-refractivity contribution < 1.29 is 19.2 Å². The number of nitrogens with zero attached hydrogens (tertiary/aromatic N) is 1. The maximum absolute atomic E-state index is 11.9. The molecule has 24 heavy (non-hydrogen) atoms. The van der Waals surface area contributed by atoms with Gasteiger partial charge in [0.2, 0.25) is 0 Å². The fourth-order valence-corrected chi connectivity index (χ4v) is 1.89. The van der Waals surface area contributed by atoms with Gasteiger partial charge in [0.05, 0.1) is 11.5 Å². The molecule has 0 aliphatic carbocycles. The van der Waals surface area contributed by atoms with Crippen LogP contribution in [0.3, 0.4) is 0 Å². The van der Waals surface area contributed by atoms with Gasteiger partial charge in [-0.1, -0.05) is 13.0 Å². The summed E-state index contributed by atoms with van der Waals surface area (Å²) in [5.74, 6) is 0.739. The molecule has 2 aromatic carbocycles. The lowest BCUT2D eigenvalue weighted by Crippen LogP contribution is -2.20. The number of nitro groups is 1. The predicted octanol–water partition coefficient (Wildman–Crippen LogP) is 3.40. The van der Waals surface area contributed by atoms with E-state index in [2.05, 4.69) is 5.32 Å². The first-order chi connectivity index (χ1) is 11.6. The number of carbonyl (C=O) groups is 1. The van der Waals surface area contributed by atoms with Crippen LogP contribution in [0.2, 0.25) is 0 Å². The van der Waals surface area contributed by atoms with Gasteiger partial charge in [0.25, 0.3) is 11.6 Å². The van der Waals surface area contributed by atoms with Gasteiger partial charge < -0.3 is 14.8 Å². The van der Waals surface area contributed by atoms with Gasteiger partial charge in [-0.15, -0.1) is 0 Å². The second kappa shape index (κ2) is 8.52. The maximum atomic E-state index is 11.9. The van der Waals surface area contributed by atoms with E-state index in [0.29, 0.717) is 23.8 Å². The fourth-order valence-electron chi connectivity index (χ4n) is 1.89. The molecular weight excluding hydrogens is 312 g/mol. The third-order valence-corrected chi connectivity index (χ3v) is 3.01. The smallest absolute Gasteiger partial charge is 0.269 e. The molecule has 0 aliphatic rings. The zero-order valence-corrected chi connectivity index (χ0v) is 13.2. The van der Waals surface area contributed by atoms with Crippen LogP contribution < -0.4 is 14.8 Å². The molecule has 0 aliphatic heterocycles. The van der Waals surface area contributed by atoms with Crippen molar-refractivity contribution in [3.63, 3.8) is 0 Å². The van der Waals surface area contributed by atoms with Crippen LogP contribution in [0.25, 0.3) is 0 Å². The Morgan fingerprint density at radius 3 is 2.54 bits per heavy atom. The molecule has 0 saturated heterocycles. The molecule has 0 saturated carbocycles. The van der Waals surface area contributed by atoms with Crippen molar-refractivity contribution >= 4 is 17.3 Å². The summed E-state index contributed by atoms with van der Waals surface area (Å²) >= 11 is 0. The number of anilines is 1. The first-order valence-electron chi connectivity index (χ1n) is 7.48. The van der Waals surface area contributed by atoms with Gasteiger partial charge in [-0.25, -0.2) is 0 Å². The van der Waals surface area contributed by atoms with Crippen LogP contribution >= 0.6 is 0 Å². The van der Waals surface area contributed by atoms with E-state index in [1.54, 1.807) is 18.2 Å². The van der Waals surface area contributed by atoms with E-state index in [-0.39, 0.29) is 18.2 Å². The Balaban J connectivity index is 1.85. The lowest BCUT2D eigenvalue weighted by Gasteiger charge is -2.09. The van der Waals surface area contributed by atoms with Crippen molar-refractivity contribution in [3.8, 4) is 11.5 Å². The molecule has 2 rings (SSSR count). The molecule has 7 heteroatoms. The highest BCUT2D eigenvalue weighted by Gasteiger charge is 2.07. The van der Waals surface area contributed by atoms with Crippen molar-refractivity contribution in [1.29, 1.82) is 0 Å². The second-order valence-electron chi connectivity index (χ2n) is 4.96. The lowest BCUT2D eigenvalue weighted by atomic mass is 10.3. The number of hydrogen-bond acceptors (Lipinski definition) is 5. The van der Waals surface area contributed by atoms with Crippen LogP contribution in [0, 0.1) is 10.1 Å². The number of carbonyl (C=O) groups excluding carboxylic acids is 1. The Hall–Kier alpha value is -3.09. The van der Waals surface area contributed by atoms with Gasteiger partial charge in [0.15, 0.2) is 6.61 Å². The molecule has 0 spiro atoms. The molecule has 0 atom stereocenters. The summed E-state index contributed by atoms with van der Waals surface area (Å²) in [6.07, 6.45) is 0.902. The number of nitro benzene ring substituents is 1. The second-order valence-corrected chi connectivity index (χ2v) is 4.96. The monoisotopic (exact) mass is 330 g/mol.